The fourth-order valence-electron chi connectivity index (χ4n) is 2.71. The molecule has 1 aliphatic heterocycles. The van der Waals surface area contributed by atoms with Crippen LogP contribution in [-0.2, 0) is 0 Å². The van der Waals surface area contributed by atoms with Gasteiger partial charge >= 0.3 is 0 Å². The third-order valence-corrected chi connectivity index (χ3v) is 3.74. The van der Waals surface area contributed by atoms with E-state index in [1.165, 1.54) is 0 Å². The Balaban J connectivity index is 2.31. The Kier molecular flexibility index (Phi) is 3.73. The third kappa shape index (κ3) is 2.16. The van der Waals surface area contributed by atoms with Crippen molar-refractivity contribution in [3.8, 4) is 0 Å². The molecule has 1 aliphatic rings. The molecule has 0 aromatic carbocycles. The first-order chi connectivity index (χ1) is 8.56. The molecule has 100 valence electrons. The third-order valence-electron chi connectivity index (χ3n) is 3.74. The van der Waals surface area contributed by atoms with Crippen molar-refractivity contribution < 1.29 is 9.32 Å². The summed E-state index contributed by atoms with van der Waals surface area (Å²) in [7, 11) is 0. The Bertz CT molecular complexity index is 437. The van der Waals surface area contributed by atoms with Crippen molar-refractivity contribution in [2.45, 2.75) is 58.9 Å². The van der Waals surface area contributed by atoms with E-state index in [-0.39, 0.29) is 11.8 Å². The number of aromatic nitrogens is 1. The molecule has 1 atom stereocenters. The number of likely N-dealkylation sites (tertiary alicyclic amines) is 1. The van der Waals surface area contributed by atoms with Gasteiger partial charge in [0.05, 0.1) is 5.69 Å². The van der Waals surface area contributed by atoms with Gasteiger partial charge in [0.2, 0.25) is 0 Å². The normalized spacial score (nSPS) is 19.8. The summed E-state index contributed by atoms with van der Waals surface area (Å²) >= 11 is 0. The number of nitrogens with zero attached hydrogens (tertiary/aromatic N) is 2. The summed E-state index contributed by atoms with van der Waals surface area (Å²) in [6.45, 7) is 8.90. The molecule has 1 fully saturated rings. The molecular weight excluding hydrogens is 228 g/mol. The quantitative estimate of drug-likeness (QED) is 0.828. The lowest BCUT2D eigenvalue weighted by atomic mass is 10.0. The number of hydrogen-bond donors (Lipinski definition) is 0. The van der Waals surface area contributed by atoms with E-state index in [9.17, 15) is 4.79 Å². The summed E-state index contributed by atoms with van der Waals surface area (Å²) in [4.78, 5) is 14.6. The SMILES string of the molecule is CCC1CCCN1C(=O)c1c(C)noc1C(C)C. The van der Waals surface area contributed by atoms with E-state index in [1.807, 2.05) is 25.7 Å². The maximum Gasteiger partial charge on any atom is 0.259 e. The van der Waals surface area contributed by atoms with E-state index in [0.29, 0.717) is 17.3 Å². The lowest BCUT2D eigenvalue weighted by Crippen LogP contribution is -2.35. The Morgan fingerprint density at radius 3 is 2.89 bits per heavy atom. The van der Waals surface area contributed by atoms with E-state index in [1.54, 1.807) is 0 Å². The van der Waals surface area contributed by atoms with E-state index in [2.05, 4.69) is 12.1 Å². The van der Waals surface area contributed by atoms with E-state index in [0.717, 1.165) is 31.6 Å². The van der Waals surface area contributed by atoms with Gasteiger partial charge in [0.15, 0.2) is 5.76 Å². The van der Waals surface area contributed by atoms with Crippen LogP contribution in [0.25, 0.3) is 0 Å². The first-order valence-corrected chi connectivity index (χ1v) is 6.83. The minimum atomic E-state index is 0.0989. The minimum Gasteiger partial charge on any atom is -0.360 e. The van der Waals surface area contributed by atoms with Gasteiger partial charge < -0.3 is 9.42 Å². The summed E-state index contributed by atoms with van der Waals surface area (Å²) in [6, 6.07) is 0.381. The highest BCUT2D eigenvalue weighted by atomic mass is 16.5. The zero-order chi connectivity index (χ0) is 13.3. The second kappa shape index (κ2) is 5.12. The average Bonchev–Trinajstić information content (AvgIpc) is 2.93. The van der Waals surface area contributed by atoms with E-state index >= 15 is 0 Å². The zero-order valence-electron chi connectivity index (χ0n) is 11.7. The van der Waals surface area contributed by atoms with Crippen LogP contribution in [0, 0.1) is 6.92 Å². The lowest BCUT2D eigenvalue weighted by molar-refractivity contribution is 0.0730. The first kappa shape index (κ1) is 13.1. The predicted molar refractivity (Wildman–Crippen MR) is 69.7 cm³/mol. The van der Waals surface area contributed by atoms with Gasteiger partial charge in [-0.3, -0.25) is 4.79 Å². The molecule has 0 radical (unpaired) electrons. The fraction of sp³-hybridized carbons (Fsp3) is 0.714. The Hall–Kier alpha value is -1.32. The van der Waals surface area contributed by atoms with Gasteiger partial charge in [-0.15, -0.1) is 0 Å². The summed E-state index contributed by atoms with van der Waals surface area (Å²) in [5.41, 5.74) is 1.40. The Morgan fingerprint density at radius 1 is 1.56 bits per heavy atom. The molecule has 1 amide bonds. The van der Waals surface area contributed by atoms with E-state index in [4.69, 9.17) is 4.52 Å². The van der Waals surface area contributed by atoms with Crippen LogP contribution in [-0.4, -0.2) is 28.6 Å². The number of carbonyl (C=O) groups is 1. The molecule has 0 bridgehead atoms. The molecule has 1 aromatic heterocycles. The van der Waals surface area contributed by atoms with Gasteiger partial charge in [0.1, 0.15) is 5.56 Å². The largest absolute Gasteiger partial charge is 0.360 e. The summed E-state index contributed by atoms with van der Waals surface area (Å²) in [6.07, 6.45) is 3.24. The first-order valence-electron chi connectivity index (χ1n) is 6.83. The van der Waals surface area contributed by atoms with Crippen molar-refractivity contribution >= 4 is 5.91 Å². The van der Waals surface area contributed by atoms with Crippen molar-refractivity contribution in [2.24, 2.45) is 0 Å². The van der Waals surface area contributed by atoms with Gasteiger partial charge in [-0.25, -0.2) is 0 Å². The highest BCUT2D eigenvalue weighted by Crippen LogP contribution is 2.28. The van der Waals surface area contributed by atoms with Crippen LogP contribution >= 0.6 is 0 Å². The summed E-state index contributed by atoms with van der Waals surface area (Å²) < 4.78 is 5.31. The maximum atomic E-state index is 12.6. The van der Waals surface area contributed by atoms with Gasteiger partial charge in [-0.1, -0.05) is 25.9 Å². The van der Waals surface area contributed by atoms with Crippen LogP contribution in [0.4, 0.5) is 0 Å². The summed E-state index contributed by atoms with van der Waals surface area (Å²) in [5, 5.41) is 3.96. The molecule has 4 nitrogen and oxygen atoms in total. The molecule has 0 aliphatic carbocycles. The van der Waals surface area contributed by atoms with Crippen molar-refractivity contribution in [1.29, 1.82) is 0 Å². The van der Waals surface area contributed by atoms with Gasteiger partial charge in [0, 0.05) is 18.5 Å². The number of rotatable bonds is 3. The highest BCUT2D eigenvalue weighted by molar-refractivity contribution is 5.96. The number of aryl methyl sites for hydroxylation is 1. The number of carbonyl (C=O) groups excluding carboxylic acids is 1. The molecule has 0 N–H and O–H groups in total. The van der Waals surface area contributed by atoms with Crippen molar-refractivity contribution in [1.82, 2.24) is 10.1 Å². The topological polar surface area (TPSA) is 46.3 Å². The molecule has 0 saturated carbocycles. The molecule has 4 heteroatoms. The Morgan fingerprint density at radius 2 is 2.28 bits per heavy atom. The van der Waals surface area contributed by atoms with Crippen LogP contribution in [0.2, 0.25) is 0 Å². The second-order valence-corrected chi connectivity index (χ2v) is 5.36. The second-order valence-electron chi connectivity index (χ2n) is 5.36. The summed E-state index contributed by atoms with van der Waals surface area (Å²) in [5.74, 6) is 1.01. The molecular formula is C14H22N2O2. The lowest BCUT2D eigenvalue weighted by Gasteiger charge is -2.23. The fourth-order valence-corrected chi connectivity index (χ4v) is 2.71. The average molecular weight is 250 g/mol. The molecule has 2 rings (SSSR count). The molecule has 1 aromatic rings. The van der Waals surface area contributed by atoms with Crippen LogP contribution in [0.3, 0.4) is 0 Å². The van der Waals surface area contributed by atoms with Gasteiger partial charge in [-0.05, 0) is 26.2 Å². The minimum absolute atomic E-state index is 0.0989. The predicted octanol–water partition coefficient (Wildman–Crippen LogP) is 3.12. The van der Waals surface area contributed by atoms with Crippen LogP contribution in [0.5, 0.6) is 0 Å². The van der Waals surface area contributed by atoms with Crippen molar-refractivity contribution in [2.75, 3.05) is 6.54 Å². The molecule has 0 spiro atoms. The molecule has 2 heterocycles. The smallest absolute Gasteiger partial charge is 0.259 e. The van der Waals surface area contributed by atoms with Gasteiger partial charge in [0.25, 0.3) is 5.91 Å². The van der Waals surface area contributed by atoms with Crippen molar-refractivity contribution in [3.63, 3.8) is 0 Å². The highest BCUT2D eigenvalue weighted by Gasteiger charge is 2.32. The van der Waals surface area contributed by atoms with Crippen LogP contribution in [0.1, 0.15) is 67.8 Å². The molecule has 1 saturated heterocycles. The number of hydrogen-bond acceptors (Lipinski definition) is 3. The van der Waals surface area contributed by atoms with E-state index < -0.39 is 0 Å². The Labute approximate surface area is 108 Å². The maximum absolute atomic E-state index is 12.6. The zero-order valence-corrected chi connectivity index (χ0v) is 11.7. The molecule has 1 unspecified atom stereocenters. The molecule has 18 heavy (non-hydrogen) atoms. The standard InChI is InChI=1S/C14H22N2O2/c1-5-11-7-6-8-16(11)14(17)12-10(4)15-18-13(12)9(2)3/h9,11H,5-8H2,1-4H3. The van der Waals surface area contributed by atoms with Gasteiger partial charge in [-0.2, -0.15) is 0 Å². The van der Waals surface area contributed by atoms with Crippen LogP contribution < -0.4 is 0 Å². The number of amides is 1. The van der Waals surface area contributed by atoms with Crippen molar-refractivity contribution in [3.05, 3.63) is 17.0 Å². The monoisotopic (exact) mass is 250 g/mol. The van der Waals surface area contributed by atoms with Crippen LogP contribution in [0.15, 0.2) is 4.52 Å².